The number of carboxylic acids is 1. The number of fused-ring (bicyclic) bond motifs is 1. The third-order valence-corrected chi connectivity index (χ3v) is 4.28. The van der Waals surface area contributed by atoms with Crippen LogP contribution >= 0.6 is 12.2 Å². The van der Waals surface area contributed by atoms with Crippen LogP contribution in [0.3, 0.4) is 0 Å². The van der Waals surface area contributed by atoms with Gasteiger partial charge in [-0.25, -0.2) is 9.48 Å². The van der Waals surface area contributed by atoms with Crippen molar-refractivity contribution in [2.45, 2.75) is 19.9 Å². The SMILES string of the molecule is CCNC(=S)N1CCc2c(c(C(=O)O)nn2-c2ccccc2)C1. The Morgan fingerprint density at radius 1 is 1.39 bits per heavy atom. The molecule has 0 aliphatic carbocycles. The molecule has 0 spiro atoms. The number of carbonyl (C=O) groups is 1. The zero-order chi connectivity index (χ0) is 16.4. The normalized spacial score (nSPS) is 13.5. The summed E-state index contributed by atoms with van der Waals surface area (Å²) in [6.07, 6.45) is 0.704. The number of carboxylic acid groups (broad SMARTS) is 1. The van der Waals surface area contributed by atoms with Gasteiger partial charge in [-0.15, -0.1) is 0 Å². The Bertz CT molecular complexity index is 742. The first-order valence-electron chi connectivity index (χ1n) is 7.54. The summed E-state index contributed by atoms with van der Waals surface area (Å²) in [4.78, 5) is 13.6. The smallest absolute Gasteiger partial charge is 0.356 e. The third kappa shape index (κ3) is 2.92. The number of nitrogens with one attached hydrogen (secondary N) is 1. The Hall–Kier alpha value is -2.41. The highest BCUT2D eigenvalue weighted by molar-refractivity contribution is 7.80. The van der Waals surface area contributed by atoms with Crippen molar-refractivity contribution in [2.24, 2.45) is 0 Å². The average Bonchev–Trinajstić information content (AvgIpc) is 2.95. The second kappa shape index (κ2) is 6.37. The van der Waals surface area contributed by atoms with Gasteiger partial charge in [0.05, 0.1) is 11.4 Å². The van der Waals surface area contributed by atoms with Crippen molar-refractivity contribution < 1.29 is 9.90 Å². The molecule has 3 rings (SSSR count). The van der Waals surface area contributed by atoms with Gasteiger partial charge in [0.1, 0.15) is 0 Å². The van der Waals surface area contributed by atoms with E-state index in [1.165, 1.54) is 0 Å². The van der Waals surface area contributed by atoms with E-state index >= 15 is 0 Å². The molecule has 6 nitrogen and oxygen atoms in total. The van der Waals surface area contributed by atoms with Crippen LogP contribution in [0.15, 0.2) is 30.3 Å². The third-order valence-electron chi connectivity index (χ3n) is 3.88. The first kappa shape index (κ1) is 15.5. The predicted octanol–water partition coefficient (Wildman–Crippen LogP) is 1.82. The van der Waals surface area contributed by atoms with Gasteiger partial charge < -0.3 is 15.3 Å². The maximum atomic E-state index is 11.6. The van der Waals surface area contributed by atoms with Crippen LogP contribution < -0.4 is 5.32 Å². The molecule has 0 radical (unpaired) electrons. The Labute approximate surface area is 139 Å². The summed E-state index contributed by atoms with van der Waals surface area (Å²) in [6, 6.07) is 9.61. The molecule has 0 unspecified atom stereocenters. The number of hydrogen-bond acceptors (Lipinski definition) is 3. The summed E-state index contributed by atoms with van der Waals surface area (Å²) in [5, 5.41) is 17.6. The fraction of sp³-hybridized carbons (Fsp3) is 0.312. The van der Waals surface area contributed by atoms with E-state index in [4.69, 9.17) is 12.2 Å². The molecule has 0 saturated carbocycles. The van der Waals surface area contributed by atoms with Crippen molar-refractivity contribution in [3.05, 3.63) is 47.3 Å². The van der Waals surface area contributed by atoms with Gasteiger partial charge in [0, 0.05) is 31.6 Å². The van der Waals surface area contributed by atoms with Crippen LogP contribution in [-0.4, -0.2) is 44.0 Å². The monoisotopic (exact) mass is 330 g/mol. The minimum atomic E-state index is -1.01. The maximum absolute atomic E-state index is 11.6. The second-order valence-electron chi connectivity index (χ2n) is 5.33. The van der Waals surface area contributed by atoms with Crippen LogP contribution in [0.25, 0.3) is 5.69 Å². The van der Waals surface area contributed by atoms with Crippen LogP contribution in [0.1, 0.15) is 28.7 Å². The quantitative estimate of drug-likeness (QED) is 0.837. The number of aromatic carboxylic acids is 1. The molecule has 0 bridgehead atoms. The van der Waals surface area contributed by atoms with E-state index in [9.17, 15) is 9.90 Å². The van der Waals surface area contributed by atoms with Crippen LogP contribution in [0.5, 0.6) is 0 Å². The van der Waals surface area contributed by atoms with Gasteiger partial charge in [-0.05, 0) is 31.3 Å². The number of para-hydroxylation sites is 1. The van der Waals surface area contributed by atoms with Gasteiger partial charge in [0.2, 0.25) is 0 Å². The molecule has 2 N–H and O–H groups in total. The number of aromatic nitrogens is 2. The molecule has 2 heterocycles. The molecule has 0 fully saturated rings. The highest BCUT2D eigenvalue weighted by atomic mass is 32.1. The van der Waals surface area contributed by atoms with Crippen molar-refractivity contribution in [1.82, 2.24) is 20.0 Å². The highest BCUT2D eigenvalue weighted by Gasteiger charge is 2.29. The molecule has 1 aromatic carbocycles. The second-order valence-corrected chi connectivity index (χ2v) is 5.72. The van der Waals surface area contributed by atoms with Gasteiger partial charge in [-0.2, -0.15) is 5.10 Å². The van der Waals surface area contributed by atoms with Gasteiger partial charge in [-0.3, -0.25) is 0 Å². The summed E-state index contributed by atoms with van der Waals surface area (Å²) >= 11 is 5.35. The molecule has 2 aromatic rings. The van der Waals surface area contributed by atoms with Crippen LogP contribution in [-0.2, 0) is 13.0 Å². The van der Waals surface area contributed by atoms with Gasteiger partial charge in [0.25, 0.3) is 0 Å². The van der Waals surface area contributed by atoms with Gasteiger partial charge in [-0.1, -0.05) is 18.2 Å². The van der Waals surface area contributed by atoms with Crippen LogP contribution in [0.2, 0.25) is 0 Å². The Kier molecular flexibility index (Phi) is 4.29. The van der Waals surface area contributed by atoms with E-state index in [0.29, 0.717) is 18.1 Å². The van der Waals surface area contributed by atoms with Crippen LogP contribution in [0.4, 0.5) is 0 Å². The van der Waals surface area contributed by atoms with Gasteiger partial charge >= 0.3 is 5.97 Å². The molecule has 0 atom stereocenters. The molecule has 1 aromatic heterocycles. The van der Waals surface area contributed by atoms with Crippen molar-refractivity contribution in [2.75, 3.05) is 13.1 Å². The number of rotatable bonds is 3. The number of nitrogens with zero attached hydrogens (tertiary/aromatic N) is 3. The fourth-order valence-electron chi connectivity index (χ4n) is 2.81. The largest absolute Gasteiger partial charge is 0.476 e. The first-order chi connectivity index (χ1) is 11.1. The lowest BCUT2D eigenvalue weighted by Gasteiger charge is -2.29. The van der Waals surface area contributed by atoms with E-state index in [-0.39, 0.29) is 5.69 Å². The lowest BCUT2D eigenvalue weighted by Crippen LogP contribution is -2.42. The van der Waals surface area contributed by atoms with E-state index in [0.717, 1.165) is 30.0 Å². The molecule has 0 amide bonds. The van der Waals surface area contributed by atoms with Crippen molar-refractivity contribution in [3.8, 4) is 5.69 Å². The molecule has 1 aliphatic heterocycles. The zero-order valence-electron chi connectivity index (χ0n) is 12.8. The van der Waals surface area contributed by atoms with Crippen molar-refractivity contribution >= 4 is 23.3 Å². The Morgan fingerprint density at radius 3 is 2.78 bits per heavy atom. The van der Waals surface area contributed by atoms with Crippen molar-refractivity contribution in [3.63, 3.8) is 0 Å². The fourth-order valence-corrected chi connectivity index (χ4v) is 3.11. The lowest BCUT2D eigenvalue weighted by molar-refractivity contribution is 0.0688. The summed E-state index contributed by atoms with van der Waals surface area (Å²) in [5.41, 5.74) is 2.67. The first-order valence-corrected chi connectivity index (χ1v) is 7.95. The molecule has 1 aliphatic rings. The minimum Gasteiger partial charge on any atom is -0.476 e. The van der Waals surface area contributed by atoms with Crippen LogP contribution in [0, 0.1) is 0 Å². The summed E-state index contributed by atoms with van der Waals surface area (Å²) < 4.78 is 1.74. The number of benzene rings is 1. The summed E-state index contributed by atoms with van der Waals surface area (Å²) in [5.74, 6) is -1.01. The zero-order valence-corrected chi connectivity index (χ0v) is 13.6. The molecule has 0 saturated heterocycles. The average molecular weight is 330 g/mol. The maximum Gasteiger partial charge on any atom is 0.356 e. The lowest BCUT2D eigenvalue weighted by atomic mass is 10.1. The molecular formula is C16H18N4O2S. The topological polar surface area (TPSA) is 70.4 Å². The van der Waals surface area contributed by atoms with E-state index in [1.807, 2.05) is 42.2 Å². The molecule has 120 valence electrons. The van der Waals surface area contributed by atoms with E-state index in [2.05, 4.69) is 10.4 Å². The standard InChI is InChI=1S/C16H18N4O2S/c1-2-17-16(23)19-9-8-13-12(10-19)14(15(21)22)18-20(13)11-6-4-3-5-7-11/h3-7H,2,8-10H2,1H3,(H,17,23)(H,21,22). The number of hydrogen-bond donors (Lipinski definition) is 2. The predicted molar refractivity (Wildman–Crippen MR) is 90.9 cm³/mol. The Morgan fingerprint density at radius 2 is 2.13 bits per heavy atom. The highest BCUT2D eigenvalue weighted by Crippen LogP contribution is 2.25. The minimum absolute atomic E-state index is 0.104. The number of thiocarbonyl (C=S) groups is 1. The van der Waals surface area contributed by atoms with Gasteiger partial charge in [0.15, 0.2) is 10.8 Å². The molecule has 7 heteroatoms. The summed E-state index contributed by atoms with van der Waals surface area (Å²) in [7, 11) is 0. The van der Waals surface area contributed by atoms with E-state index < -0.39 is 5.97 Å². The summed E-state index contributed by atoms with van der Waals surface area (Å²) in [6.45, 7) is 3.95. The Balaban J connectivity index is 2.01. The van der Waals surface area contributed by atoms with E-state index in [1.54, 1.807) is 4.68 Å². The van der Waals surface area contributed by atoms with Crippen molar-refractivity contribution in [1.29, 1.82) is 0 Å². The molecular weight excluding hydrogens is 312 g/mol. The molecule has 23 heavy (non-hydrogen) atoms.